The molecule has 0 atom stereocenters. The highest BCUT2D eigenvalue weighted by Gasteiger charge is 2.13. The van der Waals surface area contributed by atoms with E-state index in [1.807, 2.05) is 30.3 Å². The molecule has 5 nitrogen and oxygen atoms in total. The lowest BCUT2D eigenvalue weighted by Gasteiger charge is -1.99. The summed E-state index contributed by atoms with van der Waals surface area (Å²) in [5, 5.41) is 18.1. The Kier molecular flexibility index (Phi) is 1.70. The zero-order chi connectivity index (χ0) is 9.26. The van der Waals surface area contributed by atoms with Crippen molar-refractivity contribution in [3.63, 3.8) is 0 Å². The van der Waals surface area contributed by atoms with Crippen molar-refractivity contribution in [1.29, 1.82) is 0 Å². The maximum absolute atomic E-state index is 11.2. The number of rotatable bonds is 1. The van der Waals surface area contributed by atoms with E-state index >= 15 is 0 Å². The van der Waals surface area contributed by atoms with Gasteiger partial charge in [-0.05, 0) is 12.1 Å². The summed E-state index contributed by atoms with van der Waals surface area (Å²) >= 11 is 0. The maximum Gasteiger partial charge on any atom is 0.289 e. The van der Waals surface area contributed by atoms with Gasteiger partial charge in [-0.3, -0.25) is 0 Å². The molecule has 1 aromatic carbocycles. The second-order valence-electron chi connectivity index (χ2n) is 2.67. The van der Waals surface area contributed by atoms with E-state index in [1.165, 1.54) is 4.68 Å². The van der Waals surface area contributed by atoms with E-state index in [4.69, 9.17) is 0 Å². The van der Waals surface area contributed by atoms with Crippen LogP contribution in [0, 0.1) is 5.21 Å². The van der Waals surface area contributed by atoms with Crippen molar-refractivity contribution in [2.45, 2.75) is 0 Å². The predicted molar refractivity (Wildman–Crippen MR) is 45.4 cm³/mol. The summed E-state index contributed by atoms with van der Waals surface area (Å²) in [6, 6.07) is 9.30. The van der Waals surface area contributed by atoms with Crippen LogP contribution >= 0.6 is 0 Å². The predicted octanol–water partition coefficient (Wildman–Crippen LogP) is 0.115. The molecule has 66 valence electrons. The van der Waals surface area contributed by atoms with Crippen molar-refractivity contribution in [2.24, 2.45) is 7.05 Å². The van der Waals surface area contributed by atoms with E-state index in [9.17, 15) is 5.21 Å². The first kappa shape index (κ1) is 7.72. The van der Waals surface area contributed by atoms with Gasteiger partial charge < -0.3 is 5.21 Å². The lowest BCUT2D eigenvalue weighted by molar-refractivity contribution is -0.659. The fraction of sp³-hybridized carbons (Fsp3) is 0.125. The van der Waals surface area contributed by atoms with Crippen molar-refractivity contribution in [2.75, 3.05) is 0 Å². The van der Waals surface area contributed by atoms with Crippen molar-refractivity contribution >= 4 is 0 Å². The maximum atomic E-state index is 11.2. The molecular weight excluding hydrogens is 168 g/mol. The first-order valence-electron chi connectivity index (χ1n) is 3.84. The minimum Gasteiger partial charge on any atom is -0.721 e. The normalized spacial score (nSPS) is 10.2. The fourth-order valence-corrected chi connectivity index (χ4v) is 1.19. The number of benzene rings is 1. The Hall–Kier alpha value is -1.91. The topological polar surface area (TPSA) is 57.7 Å². The number of hydrogen-bond donors (Lipinski definition) is 0. The molecule has 0 aliphatic heterocycles. The van der Waals surface area contributed by atoms with Gasteiger partial charge in [-0.15, -0.1) is 4.85 Å². The van der Waals surface area contributed by atoms with Crippen LogP contribution in [-0.4, -0.2) is 15.1 Å². The molecule has 0 unspecified atom stereocenters. The quantitative estimate of drug-likeness (QED) is 0.458. The van der Waals surface area contributed by atoms with E-state index < -0.39 is 0 Å². The number of hydrogen-bond acceptors (Lipinski definition) is 3. The summed E-state index contributed by atoms with van der Waals surface area (Å²) in [6.45, 7) is 0. The van der Waals surface area contributed by atoms with E-state index in [0.717, 1.165) is 5.56 Å². The molecule has 5 heteroatoms. The molecule has 0 saturated heterocycles. The van der Waals surface area contributed by atoms with E-state index in [1.54, 1.807) is 7.05 Å². The third kappa shape index (κ3) is 1.24. The van der Waals surface area contributed by atoms with Gasteiger partial charge in [0, 0.05) is 0 Å². The lowest BCUT2D eigenvalue weighted by atomic mass is 10.2. The molecule has 0 saturated carbocycles. The van der Waals surface area contributed by atoms with E-state index in [0.29, 0.717) is 10.7 Å². The van der Waals surface area contributed by atoms with Gasteiger partial charge in [0.25, 0.3) is 5.82 Å². The Balaban J connectivity index is 2.59. The van der Waals surface area contributed by atoms with Gasteiger partial charge in [-0.2, -0.15) is 0 Å². The lowest BCUT2D eigenvalue weighted by Crippen LogP contribution is -2.30. The monoisotopic (exact) mass is 176 g/mol. The average Bonchev–Trinajstić information content (AvgIpc) is 2.48. The molecule has 0 fully saturated rings. The van der Waals surface area contributed by atoms with Crippen LogP contribution in [-0.2, 0) is 7.05 Å². The smallest absolute Gasteiger partial charge is 0.289 e. The summed E-state index contributed by atoms with van der Waals surface area (Å²) in [7, 11) is 1.68. The van der Waals surface area contributed by atoms with Gasteiger partial charge >= 0.3 is 0 Å². The number of nitrogens with zero attached hydrogens (tertiary/aromatic N) is 4. The SMILES string of the molecule is Cn1nn[n+]([O-])c1-c1ccccc1. The molecule has 2 aromatic rings. The molecule has 0 bridgehead atoms. The summed E-state index contributed by atoms with van der Waals surface area (Å²) in [6.07, 6.45) is 0. The zero-order valence-electron chi connectivity index (χ0n) is 7.08. The van der Waals surface area contributed by atoms with Crippen molar-refractivity contribution in [1.82, 2.24) is 15.1 Å². The average molecular weight is 176 g/mol. The largest absolute Gasteiger partial charge is 0.721 e. The molecule has 1 heterocycles. The Morgan fingerprint density at radius 2 is 2.00 bits per heavy atom. The third-order valence-electron chi connectivity index (χ3n) is 1.78. The van der Waals surface area contributed by atoms with Crippen LogP contribution in [0.5, 0.6) is 0 Å². The van der Waals surface area contributed by atoms with Crippen molar-refractivity contribution in [3.8, 4) is 11.4 Å². The summed E-state index contributed by atoms with van der Waals surface area (Å²) in [4.78, 5) is 0.509. The highest BCUT2D eigenvalue weighted by molar-refractivity contribution is 5.51. The second-order valence-corrected chi connectivity index (χ2v) is 2.67. The second kappa shape index (κ2) is 2.85. The Morgan fingerprint density at radius 1 is 1.31 bits per heavy atom. The van der Waals surface area contributed by atoms with Crippen LogP contribution in [0.2, 0.25) is 0 Å². The molecule has 1 aromatic heterocycles. The van der Waals surface area contributed by atoms with Gasteiger partial charge in [0.2, 0.25) is 0 Å². The molecule has 0 radical (unpaired) electrons. The Labute approximate surface area is 74.8 Å². The van der Waals surface area contributed by atoms with Gasteiger partial charge in [0.1, 0.15) is 5.21 Å². The molecule has 0 spiro atoms. The van der Waals surface area contributed by atoms with Crippen LogP contribution in [0.3, 0.4) is 0 Å². The number of aryl methyl sites for hydroxylation is 1. The highest BCUT2D eigenvalue weighted by Crippen LogP contribution is 2.11. The van der Waals surface area contributed by atoms with Gasteiger partial charge in [0.05, 0.1) is 12.6 Å². The molecule has 0 aliphatic rings. The third-order valence-corrected chi connectivity index (χ3v) is 1.78. The molecule has 0 amide bonds. The van der Waals surface area contributed by atoms with Crippen molar-refractivity contribution < 1.29 is 4.85 Å². The Morgan fingerprint density at radius 3 is 2.54 bits per heavy atom. The first-order valence-corrected chi connectivity index (χ1v) is 3.84. The standard InChI is InChI=1S/C8H8N4O/c1-11-8(12(13)10-9-11)7-5-3-2-4-6-7/h2-6H,1H3. The van der Waals surface area contributed by atoms with Gasteiger partial charge in [-0.25, -0.2) is 0 Å². The first-order chi connectivity index (χ1) is 6.29. The zero-order valence-corrected chi connectivity index (χ0v) is 7.08. The van der Waals surface area contributed by atoms with Crippen LogP contribution < -0.4 is 4.85 Å². The fourth-order valence-electron chi connectivity index (χ4n) is 1.19. The molecule has 0 N–H and O–H groups in total. The minimum atomic E-state index is 0.445. The summed E-state index contributed by atoms with van der Waals surface area (Å²) in [5.74, 6) is 0.445. The summed E-state index contributed by atoms with van der Waals surface area (Å²) < 4.78 is 1.45. The molecule has 2 rings (SSSR count). The highest BCUT2D eigenvalue weighted by atomic mass is 16.5. The van der Waals surface area contributed by atoms with Gasteiger partial charge in [-0.1, -0.05) is 22.9 Å². The molecule has 13 heavy (non-hydrogen) atoms. The van der Waals surface area contributed by atoms with Crippen molar-refractivity contribution in [3.05, 3.63) is 35.5 Å². The van der Waals surface area contributed by atoms with E-state index in [2.05, 4.69) is 10.4 Å². The number of tetrazole rings is 1. The molecular formula is C8H8N4O. The van der Waals surface area contributed by atoms with Crippen LogP contribution in [0.25, 0.3) is 11.4 Å². The molecule has 0 aliphatic carbocycles. The minimum absolute atomic E-state index is 0.445. The van der Waals surface area contributed by atoms with Crippen LogP contribution in [0.4, 0.5) is 0 Å². The van der Waals surface area contributed by atoms with Crippen LogP contribution in [0.1, 0.15) is 0 Å². The van der Waals surface area contributed by atoms with Crippen LogP contribution in [0.15, 0.2) is 30.3 Å². The number of aromatic nitrogens is 4. The van der Waals surface area contributed by atoms with E-state index in [-0.39, 0.29) is 0 Å². The van der Waals surface area contributed by atoms with Gasteiger partial charge in [0.15, 0.2) is 5.21 Å². The Bertz CT molecular complexity index is 390. The summed E-state index contributed by atoms with van der Waals surface area (Å²) in [5.41, 5.74) is 0.810.